The summed E-state index contributed by atoms with van der Waals surface area (Å²) in [7, 11) is 0. The van der Waals surface area contributed by atoms with Gasteiger partial charge in [0.1, 0.15) is 6.04 Å². The molecule has 0 spiro atoms. The molecule has 0 aliphatic carbocycles. The van der Waals surface area contributed by atoms with Gasteiger partial charge in [-0.25, -0.2) is 4.79 Å². The molecular formula is C16H19N3O2. The van der Waals surface area contributed by atoms with Crippen LogP contribution in [0.1, 0.15) is 26.2 Å². The molecule has 1 aromatic carbocycles. The second-order valence-electron chi connectivity index (χ2n) is 5.60. The van der Waals surface area contributed by atoms with E-state index < -0.39 is 12.0 Å². The minimum absolute atomic E-state index is 0.477. The third kappa shape index (κ3) is 2.55. The molecule has 2 unspecified atom stereocenters. The lowest BCUT2D eigenvalue weighted by Crippen LogP contribution is -2.47. The van der Waals surface area contributed by atoms with E-state index in [1.165, 1.54) is 0 Å². The molecule has 1 aromatic heterocycles. The van der Waals surface area contributed by atoms with Crippen LogP contribution in [0.15, 0.2) is 30.5 Å². The molecule has 5 heteroatoms. The van der Waals surface area contributed by atoms with Crippen LogP contribution in [0.4, 0.5) is 5.82 Å². The minimum atomic E-state index is -0.775. The van der Waals surface area contributed by atoms with Gasteiger partial charge in [0.15, 0.2) is 5.82 Å². The number of rotatable bonds is 3. The highest BCUT2D eigenvalue weighted by Gasteiger charge is 2.34. The van der Waals surface area contributed by atoms with Crippen LogP contribution in [-0.2, 0) is 4.79 Å². The second-order valence-corrected chi connectivity index (χ2v) is 5.60. The van der Waals surface area contributed by atoms with E-state index in [-0.39, 0.29) is 0 Å². The molecule has 2 atom stereocenters. The number of nitrogens with zero attached hydrogens (tertiary/aromatic N) is 3. The van der Waals surface area contributed by atoms with Crippen LogP contribution in [0.25, 0.3) is 10.8 Å². The molecule has 1 saturated heterocycles. The van der Waals surface area contributed by atoms with Gasteiger partial charge in [-0.3, -0.25) is 0 Å². The van der Waals surface area contributed by atoms with E-state index in [4.69, 9.17) is 0 Å². The second kappa shape index (κ2) is 5.68. The molecule has 3 rings (SSSR count). The Labute approximate surface area is 123 Å². The Morgan fingerprint density at radius 1 is 1.43 bits per heavy atom. The molecule has 2 aromatic rings. The van der Waals surface area contributed by atoms with Gasteiger partial charge < -0.3 is 10.0 Å². The molecule has 1 N–H and O–H groups in total. The van der Waals surface area contributed by atoms with Crippen molar-refractivity contribution in [3.05, 3.63) is 30.5 Å². The third-order valence-electron chi connectivity index (χ3n) is 4.40. The predicted octanol–water partition coefficient (Wildman–Crippen LogP) is 2.71. The first kappa shape index (κ1) is 13.8. The number of aromatic nitrogens is 2. The summed E-state index contributed by atoms with van der Waals surface area (Å²) in [6.45, 7) is 2.84. The van der Waals surface area contributed by atoms with Crippen molar-refractivity contribution in [3.63, 3.8) is 0 Å². The first-order valence-electron chi connectivity index (χ1n) is 7.40. The van der Waals surface area contributed by atoms with Gasteiger partial charge in [-0.15, -0.1) is 5.10 Å². The monoisotopic (exact) mass is 285 g/mol. The number of carboxylic acids is 1. The summed E-state index contributed by atoms with van der Waals surface area (Å²) in [5.74, 6) is 0.392. The lowest BCUT2D eigenvalue weighted by Gasteiger charge is -2.37. The average molecular weight is 285 g/mol. The summed E-state index contributed by atoms with van der Waals surface area (Å²) in [4.78, 5) is 13.6. The summed E-state index contributed by atoms with van der Waals surface area (Å²) < 4.78 is 0. The molecule has 21 heavy (non-hydrogen) atoms. The van der Waals surface area contributed by atoms with E-state index in [0.717, 1.165) is 30.2 Å². The quantitative estimate of drug-likeness (QED) is 0.939. The first-order chi connectivity index (χ1) is 10.2. The highest BCUT2D eigenvalue weighted by atomic mass is 16.4. The fraction of sp³-hybridized carbons (Fsp3) is 0.438. The number of piperidine rings is 1. The Balaban J connectivity index is 2.02. The van der Waals surface area contributed by atoms with Gasteiger partial charge in [0.2, 0.25) is 0 Å². The number of carbonyl (C=O) groups is 1. The largest absolute Gasteiger partial charge is 0.480 e. The predicted molar refractivity (Wildman–Crippen MR) is 81.3 cm³/mol. The van der Waals surface area contributed by atoms with Crippen LogP contribution >= 0.6 is 0 Å². The molecule has 1 fully saturated rings. The van der Waals surface area contributed by atoms with Gasteiger partial charge in [0, 0.05) is 17.3 Å². The summed E-state index contributed by atoms with van der Waals surface area (Å²) in [5, 5.41) is 19.8. The van der Waals surface area contributed by atoms with Crippen LogP contribution in [0.2, 0.25) is 0 Å². The van der Waals surface area contributed by atoms with Crippen molar-refractivity contribution < 1.29 is 9.90 Å². The van der Waals surface area contributed by atoms with E-state index in [0.29, 0.717) is 18.2 Å². The van der Waals surface area contributed by atoms with Crippen molar-refractivity contribution in [3.8, 4) is 0 Å². The normalized spacial score (nSPS) is 22.4. The zero-order valence-corrected chi connectivity index (χ0v) is 12.1. The standard InChI is InChI=1S/C16H19N3O2/c1-2-11-7-8-19(14(9-11)16(20)21)15-13-6-4-3-5-12(13)10-17-18-15/h3-6,10-11,14H,2,7-9H2,1H3,(H,20,21). The van der Waals surface area contributed by atoms with Crippen LogP contribution in [-0.4, -0.2) is 33.9 Å². The molecule has 110 valence electrons. The van der Waals surface area contributed by atoms with Crippen molar-refractivity contribution in [2.45, 2.75) is 32.2 Å². The molecular weight excluding hydrogens is 266 g/mol. The van der Waals surface area contributed by atoms with Gasteiger partial charge in [-0.2, -0.15) is 5.10 Å². The number of hydrogen-bond acceptors (Lipinski definition) is 4. The fourth-order valence-corrected chi connectivity index (χ4v) is 3.12. The zero-order chi connectivity index (χ0) is 14.8. The van der Waals surface area contributed by atoms with Crippen molar-refractivity contribution in [2.24, 2.45) is 5.92 Å². The number of carboxylic acid groups (broad SMARTS) is 1. The Morgan fingerprint density at radius 2 is 2.24 bits per heavy atom. The molecule has 0 bridgehead atoms. The molecule has 0 amide bonds. The van der Waals surface area contributed by atoms with E-state index in [1.807, 2.05) is 29.2 Å². The average Bonchev–Trinajstić information content (AvgIpc) is 2.53. The topological polar surface area (TPSA) is 66.3 Å². The molecule has 1 aliphatic rings. The Morgan fingerprint density at radius 3 is 3.00 bits per heavy atom. The number of fused-ring (bicyclic) bond motifs is 1. The third-order valence-corrected chi connectivity index (χ3v) is 4.40. The van der Waals surface area contributed by atoms with Crippen LogP contribution in [0.3, 0.4) is 0 Å². The van der Waals surface area contributed by atoms with E-state index in [1.54, 1.807) is 6.20 Å². The van der Waals surface area contributed by atoms with Crippen molar-refractivity contribution in [2.75, 3.05) is 11.4 Å². The number of benzene rings is 1. The van der Waals surface area contributed by atoms with Gasteiger partial charge in [0.25, 0.3) is 0 Å². The highest BCUT2D eigenvalue weighted by molar-refractivity contribution is 5.93. The SMILES string of the molecule is CCC1CCN(c2nncc3ccccc23)C(C(=O)O)C1. The Kier molecular flexibility index (Phi) is 3.73. The van der Waals surface area contributed by atoms with Crippen LogP contribution in [0.5, 0.6) is 0 Å². The van der Waals surface area contributed by atoms with Crippen molar-refractivity contribution in [1.82, 2.24) is 10.2 Å². The lowest BCUT2D eigenvalue weighted by molar-refractivity contribution is -0.139. The van der Waals surface area contributed by atoms with Crippen molar-refractivity contribution >= 4 is 22.6 Å². The highest BCUT2D eigenvalue weighted by Crippen LogP contribution is 2.32. The van der Waals surface area contributed by atoms with E-state index >= 15 is 0 Å². The van der Waals surface area contributed by atoms with Gasteiger partial charge in [-0.05, 0) is 18.8 Å². The number of hydrogen-bond donors (Lipinski definition) is 1. The Bertz CT molecular complexity index is 654. The minimum Gasteiger partial charge on any atom is -0.480 e. The van der Waals surface area contributed by atoms with E-state index in [2.05, 4.69) is 17.1 Å². The van der Waals surface area contributed by atoms with Gasteiger partial charge >= 0.3 is 5.97 Å². The fourth-order valence-electron chi connectivity index (χ4n) is 3.12. The van der Waals surface area contributed by atoms with Gasteiger partial charge in [0.05, 0.1) is 6.20 Å². The maximum atomic E-state index is 11.6. The van der Waals surface area contributed by atoms with Crippen LogP contribution in [0, 0.1) is 5.92 Å². The molecule has 5 nitrogen and oxygen atoms in total. The lowest BCUT2D eigenvalue weighted by atomic mass is 9.88. The first-order valence-corrected chi connectivity index (χ1v) is 7.40. The maximum Gasteiger partial charge on any atom is 0.326 e. The molecule has 1 aliphatic heterocycles. The molecule has 2 heterocycles. The summed E-state index contributed by atoms with van der Waals surface area (Å²) in [5.41, 5.74) is 0. The van der Waals surface area contributed by atoms with Crippen molar-refractivity contribution in [1.29, 1.82) is 0 Å². The molecule has 0 saturated carbocycles. The smallest absolute Gasteiger partial charge is 0.326 e. The summed E-state index contributed by atoms with van der Waals surface area (Å²) in [6.07, 6.45) is 4.42. The number of aliphatic carboxylic acids is 1. The van der Waals surface area contributed by atoms with Crippen LogP contribution < -0.4 is 4.90 Å². The zero-order valence-electron chi connectivity index (χ0n) is 12.1. The Hall–Kier alpha value is -2.17. The van der Waals surface area contributed by atoms with Gasteiger partial charge in [-0.1, -0.05) is 37.6 Å². The summed E-state index contributed by atoms with van der Waals surface area (Å²) >= 11 is 0. The number of anilines is 1. The van der Waals surface area contributed by atoms with E-state index in [9.17, 15) is 9.90 Å². The summed E-state index contributed by atoms with van der Waals surface area (Å²) in [6, 6.07) is 7.34. The maximum absolute atomic E-state index is 11.6. The molecule has 0 radical (unpaired) electrons.